The van der Waals surface area contributed by atoms with Crippen LogP contribution in [0.4, 0.5) is 0 Å². The van der Waals surface area contributed by atoms with E-state index < -0.39 is 5.60 Å². The van der Waals surface area contributed by atoms with Gasteiger partial charge in [-0.15, -0.1) is 0 Å². The van der Waals surface area contributed by atoms with E-state index in [1.165, 1.54) is 0 Å². The lowest BCUT2D eigenvalue weighted by molar-refractivity contribution is -0.124. The second kappa shape index (κ2) is 7.64. The summed E-state index contributed by atoms with van der Waals surface area (Å²) in [5.41, 5.74) is 0.282. The number of benzene rings is 1. The van der Waals surface area contributed by atoms with E-state index in [0.29, 0.717) is 18.6 Å². The van der Waals surface area contributed by atoms with Crippen LogP contribution in [0.25, 0.3) is 0 Å². The van der Waals surface area contributed by atoms with Gasteiger partial charge in [-0.3, -0.25) is 4.79 Å². The molecule has 0 aromatic heterocycles. The van der Waals surface area contributed by atoms with Crippen molar-refractivity contribution in [2.75, 3.05) is 13.2 Å². The maximum atomic E-state index is 11.7. The van der Waals surface area contributed by atoms with Crippen LogP contribution >= 0.6 is 15.9 Å². The highest BCUT2D eigenvalue weighted by Gasteiger charge is 2.22. The van der Waals surface area contributed by atoms with Crippen molar-refractivity contribution in [3.63, 3.8) is 0 Å². The van der Waals surface area contributed by atoms with Crippen LogP contribution in [0.3, 0.4) is 0 Å². The first-order valence-electron chi connectivity index (χ1n) is 6.78. The molecule has 0 spiro atoms. The third-order valence-electron chi connectivity index (χ3n) is 3.38. The molecule has 0 aliphatic heterocycles. The number of halogens is 1. The van der Waals surface area contributed by atoms with Crippen molar-refractivity contribution < 1.29 is 14.6 Å². The van der Waals surface area contributed by atoms with Crippen molar-refractivity contribution in [3.05, 3.63) is 28.2 Å². The van der Waals surface area contributed by atoms with Crippen LogP contribution in [0.2, 0.25) is 0 Å². The van der Waals surface area contributed by atoms with Gasteiger partial charge in [-0.1, -0.05) is 19.9 Å². The Labute approximate surface area is 128 Å². The van der Waals surface area contributed by atoms with Gasteiger partial charge in [0.2, 0.25) is 0 Å². The van der Waals surface area contributed by atoms with Crippen LogP contribution in [0.15, 0.2) is 22.7 Å². The number of ether oxygens (including phenoxy) is 1. The van der Waals surface area contributed by atoms with E-state index in [1.54, 1.807) is 0 Å². The first kappa shape index (κ1) is 17.0. The minimum Gasteiger partial charge on any atom is -0.483 e. The standard InChI is InChI=1S/C15H22BrNO3/c1-4-15(19,5-2)10-17-14(18)9-20-13-7-6-11(3)8-12(13)16/h6-8,19H,4-5,9-10H2,1-3H3,(H,17,18). The molecule has 112 valence electrons. The topological polar surface area (TPSA) is 58.6 Å². The van der Waals surface area contributed by atoms with Crippen molar-refractivity contribution in [2.45, 2.75) is 39.2 Å². The smallest absolute Gasteiger partial charge is 0.258 e. The molecular formula is C15H22BrNO3. The quantitative estimate of drug-likeness (QED) is 0.800. The molecule has 0 fully saturated rings. The summed E-state index contributed by atoms with van der Waals surface area (Å²) in [6, 6.07) is 5.67. The Kier molecular flexibility index (Phi) is 6.49. The Morgan fingerprint density at radius 1 is 1.40 bits per heavy atom. The fraction of sp³-hybridized carbons (Fsp3) is 0.533. The highest BCUT2D eigenvalue weighted by molar-refractivity contribution is 9.10. The third-order valence-corrected chi connectivity index (χ3v) is 4.00. The average molecular weight is 344 g/mol. The number of amides is 1. The Morgan fingerprint density at radius 3 is 2.60 bits per heavy atom. The van der Waals surface area contributed by atoms with Gasteiger partial charge in [0.05, 0.1) is 10.1 Å². The molecule has 1 aromatic rings. The third kappa shape index (κ3) is 5.13. The summed E-state index contributed by atoms with van der Waals surface area (Å²) >= 11 is 3.39. The zero-order chi connectivity index (χ0) is 15.2. The van der Waals surface area contributed by atoms with Crippen LogP contribution in [0, 0.1) is 6.92 Å². The molecular weight excluding hydrogens is 322 g/mol. The second-order valence-electron chi connectivity index (χ2n) is 4.93. The number of carbonyl (C=O) groups is 1. The van der Waals surface area contributed by atoms with E-state index in [2.05, 4.69) is 21.2 Å². The fourth-order valence-electron chi connectivity index (χ4n) is 1.68. The molecule has 1 amide bonds. The zero-order valence-electron chi connectivity index (χ0n) is 12.2. The molecule has 0 atom stereocenters. The average Bonchev–Trinajstić information content (AvgIpc) is 2.44. The minimum atomic E-state index is -0.833. The van der Waals surface area contributed by atoms with Gasteiger partial charge in [-0.2, -0.15) is 0 Å². The summed E-state index contributed by atoms with van der Waals surface area (Å²) in [5.74, 6) is 0.393. The zero-order valence-corrected chi connectivity index (χ0v) is 13.8. The van der Waals surface area contributed by atoms with Crippen molar-refractivity contribution in [3.8, 4) is 5.75 Å². The Bertz CT molecular complexity index is 458. The molecule has 2 N–H and O–H groups in total. The molecule has 0 unspecified atom stereocenters. The minimum absolute atomic E-state index is 0.0643. The number of aryl methyl sites for hydroxylation is 1. The van der Waals surface area contributed by atoms with E-state index in [4.69, 9.17) is 4.74 Å². The van der Waals surface area contributed by atoms with Crippen molar-refractivity contribution in [1.82, 2.24) is 5.32 Å². The van der Waals surface area contributed by atoms with Crippen molar-refractivity contribution in [1.29, 1.82) is 0 Å². The van der Waals surface area contributed by atoms with Gasteiger partial charge in [0.15, 0.2) is 6.61 Å². The lowest BCUT2D eigenvalue weighted by Gasteiger charge is -2.25. The Hall–Kier alpha value is -1.07. The second-order valence-corrected chi connectivity index (χ2v) is 5.79. The van der Waals surface area contributed by atoms with E-state index in [1.807, 2.05) is 39.0 Å². The summed E-state index contributed by atoms with van der Waals surface area (Å²) in [5, 5.41) is 12.8. The maximum Gasteiger partial charge on any atom is 0.258 e. The largest absolute Gasteiger partial charge is 0.483 e. The number of carbonyl (C=O) groups excluding carboxylic acids is 1. The predicted octanol–water partition coefficient (Wildman–Crippen LogP) is 2.80. The summed E-state index contributed by atoms with van der Waals surface area (Å²) in [7, 11) is 0. The lowest BCUT2D eigenvalue weighted by atomic mass is 9.98. The number of nitrogens with one attached hydrogen (secondary N) is 1. The maximum absolute atomic E-state index is 11.7. The SMILES string of the molecule is CCC(O)(CC)CNC(=O)COc1ccc(C)cc1Br. The van der Waals surface area contributed by atoms with E-state index in [-0.39, 0.29) is 19.1 Å². The first-order valence-corrected chi connectivity index (χ1v) is 7.57. The summed E-state index contributed by atoms with van der Waals surface area (Å²) < 4.78 is 6.27. The molecule has 1 aromatic carbocycles. The predicted molar refractivity (Wildman–Crippen MR) is 82.9 cm³/mol. The summed E-state index contributed by atoms with van der Waals surface area (Å²) in [4.78, 5) is 11.7. The first-order chi connectivity index (χ1) is 9.40. The summed E-state index contributed by atoms with van der Waals surface area (Å²) in [6.45, 7) is 5.96. The van der Waals surface area contributed by atoms with Gasteiger partial charge < -0.3 is 15.2 Å². The number of hydrogen-bond acceptors (Lipinski definition) is 3. The van der Waals surface area contributed by atoms with E-state index in [0.717, 1.165) is 10.0 Å². The summed E-state index contributed by atoms with van der Waals surface area (Å²) in [6.07, 6.45) is 1.21. The van der Waals surface area contributed by atoms with E-state index in [9.17, 15) is 9.90 Å². The lowest BCUT2D eigenvalue weighted by Crippen LogP contribution is -2.43. The molecule has 0 bridgehead atoms. The van der Waals surface area contributed by atoms with E-state index >= 15 is 0 Å². The van der Waals surface area contributed by atoms with Gasteiger partial charge in [0.1, 0.15) is 5.75 Å². The Balaban J connectivity index is 2.44. The molecule has 0 saturated carbocycles. The highest BCUT2D eigenvalue weighted by atomic mass is 79.9. The van der Waals surface area contributed by atoms with Gasteiger partial charge >= 0.3 is 0 Å². The monoisotopic (exact) mass is 343 g/mol. The number of aliphatic hydroxyl groups is 1. The van der Waals surface area contributed by atoms with Gasteiger partial charge in [0.25, 0.3) is 5.91 Å². The van der Waals surface area contributed by atoms with Crippen LogP contribution in [0.5, 0.6) is 5.75 Å². The highest BCUT2D eigenvalue weighted by Crippen LogP contribution is 2.25. The van der Waals surface area contributed by atoms with Crippen LogP contribution in [-0.4, -0.2) is 29.8 Å². The molecule has 5 heteroatoms. The molecule has 0 aliphatic rings. The van der Waals surface area contributed by atoms with Gasteiger partial charge in [-0.25, -0.2) is 0 Å². The van der Waals surface area contributed by atoms with Crippen molar-refractivity contribution >= 4 is 21.8 Å². The molecule has 4 nitrogen and oxygen atoms in total. The van der Waals surface area contributed by atoms with Crippen molar-refractivity contribution in [2.24, 2.45) is 0 Å². The Morgan fingerprint density at radius 2 is 2.05 bits per heavy atom. The number of hydrogen-bond donors (Lipinski definition) is 2. The molecule has 20 heavy (non-hydrogen) atoms. The molecule has 0 saturated heterocycles. The molecule has 0 radical (unpaired) electrons. The molecule has 1 rings (SSSR count). The fourth-order valence-corrected chi connectivity index (χ4v) is 2.29. The molecule has 0 aliphatic carbocycles. The molecule has 0 heterocycles. The normalized spacial score (nSPS) is 11.2. The van der Waals surface area contributed by atoms with Crippen LogP contribution in [0.1, 0.15) is 32.3 Å². The van der Waals surface area contributed by atoms with Gasteiger partial charge in [-0.05, 0) is 53.4 Å². The number of rotatable bonds is 7. The van der Waals surface area contributed by atoms with Gasteiger partial charge in [0, 0.05) is 6.54 Å². The van der Waals surface area contributed by atoms with Crippen LogP contribution < -0.4 is 10.1 Å². The van der Waals surface area contributed by atoms with Crippen LogP contribution in [-0.2, 0) is 4.79 Å².